The number of ether oxygens (including phenoxy) is 4. The van der Waals surface area contributed by atoms with Crippen molar-refractivity contribution in [1.82, 2.24) is 0 Å². The van der Waals surface area contributed by atoms with Crippen molar-refractivity contribution in [3.63, 3.8) is 0 Å². The van der Waals surface area contributed by atoms with Gasteiger partial charge in [-0.3, -0.25) is 0 Å². The highest BCUT2D eigenvalue weighted by Gasteiger charge is 2.13. The molecule has 0 saturated heterocycles. The van der Waals surface area contributed by atoms with Crippen molar-refractivity contribution in [2.45, 2.75) is 20.1 Å². The molecule has 0 spiro atoms. The Morgan fingerprint density at radius 2 is 1.71 bits per heavy atom. The van der Waals surface area contributed by atoms with Crippen LogP contribution < -0.4 is 0 Å². The summed E-state index contributed by atoms with van der Waals surface area (Å²) in [5, 5.41) is 0. The Morgan fingerprint density at radius 1 is 1.12 bits per heavy atom. The molecule has 0 aliphatic carbocycles. The number of carbonyl (C=O) groups is 3. The third-order valence-corrected chi connectivity index (χ3v) is 1.36. The first-order valence-corrected chi connectivity index (χ1v) is 4.79. The van der Waals surface area contributed by atoms with Crippen LogP contribution in [0.25, 0.3) is 0 Å². The van der Waals surface area contributed by atoms with Gasteiger partial charge in [-0.05, 0) is 6.92 Å². The van der Waals surface area contributed by atoms with E-state index in [1.165, 1.54) is 14.0 Å². The fraction of sp³-hybridized carbons (Fsp3) is 0.500. The third kappa shape index (κ3) is 7.83. The molecule has 0 amide bonds. The fourth-order valence-corrected chi connectivity index (χ4v) is 0.718. The lowest BCUT2D eigenvalue weighted by Crippen LogP contribution is -2.21. The Kier molecular flexibility index (Phi) is 7.16. The van der Waals surface area contributed by atoms with Crippen LogP contribution >= 0.6 is 0 Å². The summed E-state index contributed by atoms with van der Waals surface area (Å²) in [6.45, 7) is 3.10. The van der Waals surface area contributed by atoms with Crippen molar-refractivity contribution in [3.8, 4) is 0 Å². The monoisotopic (exact) mass is 246 g/mol. The maximum Gasteiger partial charge on any atom is 0.511 e. The van der Waals surface area contributed by atoms with Crippen molar-refractivity contribution < 1.29 is 33.3 Å². The van der Waals surface area contributed by atoms with E-state index < -0.39 is 24.4 Å². The van der Waals surface area contributed by atoms with Gasteiger partial charge in [-0.15, -0.1) is 0 Å². The molecule has 0 heterocycles. The summed E-state index contributed by atoms with van der Waals surface area (Å²) < 4.78 is 17.9. The molecule has 1 atom stereocenters. The summed E-state index contributed by atoms with van der Waals surface area (Å²) in [5.74, 6) is -1.53. The molecular weight excluding hydrogens is 232 g/mol. The first-order valence-electron chi connectivity index (χ1n) is 4.79. The summed E-state index contributed by atoms with van der Waals surface area (Å²) in [7, 11) is 1.17. The van der Waals surface area contributed by atoms with E-state index in [0.29, 0.717) is 0 Å². The van der Waals surface area contributed by atoms with Crippen LogP contribution in [0.15, 0.2) is 12.2 Å². The van der Waals surface area contributed by atoms with Gasteiger partial charge in [0.2, 0.25) is 6.29 Å². The van der Waals surface area contributed by atoms with Gasteiger partial charge >= 0.3 is 18.1 Å². The van der Waals surface area contributed by atoms with Gasteiger partial charge in [-0.1, -0.05) is 0 Å². The fourth-order valence-electron chi connectivity index (χ4n) is 0.718. The molecule has 17 heavy (non-hydrogen) atoms. The molecule has 0 unspecified atom stereocenters. The Balaban J connectivity index is 3.99. The standard InChI is InChI=1S/C10H14O7/c1-4-15-10(13)17-7(2)16-9(12)6-5-8(11)14-3/h5-7H,4H2,1-3H3/b6-5+/t7-/m0/s1. The highest BCUT2D eigenvalue weighted by molar-refractivity contribution is 5.91. The minimum atomic E-state index is -1.11. The van der Waals surface area contributed by atoms with Crippen molar-refractivity contribution in [2.24, 2.45) is 0 Å². The largest absolute Gasteiger partial charge is 0.511 e. The van der Waals surface area contributed by atoms with Crippen LogP contribution in [0.4, 0.5) is 4.79 Å². The second-order valence-electron chi connectivity index (χ2n) is 2.66. The maximum atomic E-state index is 11.1. The number of carbonyl (C=O) groups excluding carboxylic acids is 3. The molecule has 7 heteroatoms. The van der Waals surface area contributed by atoms with E-state index >= 15 is 0 Å². The van der Waals surface area contributed by atoms with Crippen LogP contribution in [-0.2, 0) is 28.5 Å². The van der Waals surface area contributed by atoms with E-state index in [9.17, 15) is 14.4 Å². The molecule has 0 fully saturated rings. The van der Waals surface area contributed by atoms with Gasteiger partial charge in [0.25, 0.3) is 0 Å². The molecule has 7 nitrogen and oxygen atoms in total. The third-order valence-electron chi connectivity index (χ3n) is 1.36. The topological polar surface area (TPSA) is 88.1 Å². The van der Waals surface area contributed by atoms with Crippen LogP contribution in [0.5, 0.6) is 0 Å². The number of rotatable bonds is 5. The van der Waals surface area contributed by atoms with E-state index in [2.05, 4.69) is 18.9 Å². The maximum absolute atomic E-state index is 11.1. The molecule has 0 radical (unpaired) electrons. The van der Waals surface area contributed by atoms with Crippen molar-refractivity contribution >= 4 is 18.1 Å². The summed E-state index contributed by atoms with van der Waals surface area (Å²) in [6, 6.07) is 0. The van der Waals surface area contributed by atoms with E-state index in [1.54, 1.807) is 6.92 Å². The number of hydrogen-bond acceptors (Lipinski definition) is 7. The Bertz CT molecular complexity index is 308. The van der Waals surface area contributed by atoms with Crippen LogP contribution in [0.3, 0.4) is 0 Å². The normalized spacial score (nSPS) is 11.7. The van der Waals surface area contributed by atoms with E-state index in [4.69, 9.17) is 0 Å². The zero-order chi connectivity index (χ0) is 13.3. The zero-order valence-corrected chi connectivity index (χ0v) is 9.80. The van der Waals surface area contributed by atoms with Gasteiger partial charge < -0.3 is 18.9 Å². The average molecular weight is 246 g/mol. The number of methoxy groups -OCH3 is 1. The van der Waals surface area contributed by atoms with Crippen LogP contribution in [0, 0.1) is 0 Å². The molecule has 0 saturated carbocycles. The smallest absolute Gasteiger partial charge is 0.466 e. The van der Waals surface area contributed by atoms with E-state index in [-0.39, 0.29) is 6.61 Å². The Morgan fingerprint density at radius 3 is 2.24 bits per heavy atom. The predicted molar refractivity (Wildman–Crippen MR) is 54.8 cm³/mol. The van der Waals surface area contributed by atoms with Crippen LogP contribution in [0.2, 0.25) is 0 Å². The molecule has 0 aromatic heterocycles. The van der Waals surface area contributed by atoms with Gasteiger partial charge in [0.15, 0.2) is 0 Å². The predicted octanol–water partition coefficient (Wildman–Crippen LogP) is 0.778. The second kappa shape index (κ2) is 8.14. The Hall–Kier alpha value is -2.05. The lowest BCUT2D eigenvalue weighted by atomic mass is 10.5. The minimum Gasteiger partial charge on any atom is -0.466 e. The summed E-state index contributed by atoms with van der Waals surface area (Å²) in [4.78, 5) is 32.5. The van der Waals surface area contributed by atoms with E-state index in [0.717, 1.165) is 12.2 Å². The molecule has 0 aliphatic rings. The lowest BCUT2D eigenvalue weighted by molar-refractivity contribution is -0.162. The van der Waals surface area contributed by atoms with Gasteiger partial charge in [0.05, 0.1) is 13.7 Å². The Labute approximate surface area is 98.3 Å². The highest BCUT2D eigenvalue weighted by atomic mass is 16.8. The highest BCUT2D eigenvalue weighted by Crippen LogP contribution is 1.98. The van der Waals surface area contributed by atoms with Gasteiger partial charge in [-0.2, -0.15) is 0 Å². The second-order valence-corrected chi connectivity index (χ2v) is 2.66. The van der Waals surface area contributed by atoms with Crippen molar-refractivity contribution in [3.05, 3.63) is 12.2 Å². The molecule has 0 aromatic rings. The van der Waals surface area contributed by atoms with E-state index in [1.807, 2.05) is 0 Å². The van der Waals surface area contributed by atoms with Gasteiger partial charge in [0.1, 0.15) is 0 Å². The quantitative estimate of drug-likeness (QED) is 0.306. The van der Waals surface area contributed by atoms with Crippen molar-refractivity contribution in [1.29, 1.82) is 0 Å². The van der Waals surface area contributed by atoms with Crippen molar-refractivity contribution in [2.75, 3.05) is 13.7 Å². The summed E-state index contributed by atoms with van der Waals surface area (Å²) in [6.07, 6.45) is -0.301. The van der Waals surface area contributed by atoms with Gasteiger partial charge in [-0.25, -0.2) is 14.4 Å². The van der Waals surface area contributed by atoms with Crippen LogP contribution in [0.1, 0.15) is 13.8 Å². The molecule has 96 valence electrons. The number of hydrogen-bond donors (Lipinski definition) is 0. The minimum absolute atomic E-state index is 0.155. The number of esters is 2. The first-order chi connectivity index (χ1) is 7.99. The lowest BCUT2D eigenvalue weighted by Gasteiger charge is -2.11. The van der Waals surface area contributed by atoms with Gasteiger partial charge in [0, 0.05) is 19.1 Å². The zero-order valence-electron chi connectivity index (χ0n) is 9.80. The SMILES string of the molecule is CCOC(=O)O[C@@H](C)OC(=O)/C=C/C(=O)OC. The summed E-state index contributed by atoms with van der Waals surface area (Å²) >= 11 is 0. The summed E-state index contributed by atoms with van der Waals surface area (Å²) in [5.41, 5.74) is 0. The van der Waals surface area contributed by atoms with Crippen LogP contribution in [-0.4, -0.2) is 38.1 Å². The first kappa shape index (κ1) is 14.9. The average Bonchev–Trinajstić information content (AvgIpc) is 2.25. The molecule has 0 bridgehead atoms. The molecule has 0 aromatic carbocycles. The molecular formula is C10H14O7. The molecule has 0 N–H and O–H groups in total. The molecule has 0 rings (SSSR count). The molecule has 0 aliphatic heterocycles.